The van der Waals surface area contributed by atoms with E-state index in [1.54, 1.807) is 49.9 Å². The standard InChI is InChI=1S/C22H28F2N2O3/c1-14-20(22(2,3)28)25-19(29-14)13-16-9-6-7-11-26(16)21(27)17-10-5-4-8-15(17)12-18(23)24/h4-5,8,10,16,18,28H,6-7,9,11-13H2,1-3H3. The van der Waals surface area contributed by atoms with Crippen molar-refractivity contribution >= 4 is 5.91 Å². The number of benzene rings is 1. The Hall–Kier alpha value is -2.28. The quantitative estimate of drug-likeness (QED) is 0.779. The summed E-state index contributed by atoms with van der Waals surface area (Å²) in [6.07, 6.45) is 0.136. The Morgan fingerprint density at radius 1 is 1.34 bits per heavy atom. The summed E-state index contributed by atoms with van der Waals surface area (Å²) in [6.45, 7) is 5.63. The molecule has 1 unspecified atom stereocenters. The van der Waals surface area contributed by atoms with Crippen molar-refractivity contribution in [2.45, 2.75) is 70.9 Å². The van der Waals surface area contributed by atoms with E-state index in [0.717, 1.165) is 19.3 Å². The molecule has 1 aliphatic rings. The van der Waals surface area contributed by atoms with E-state index in [-0.39, 0.29) is 11.9 Å². The third kappa shape index (κ3) is 5.01. The average Bonchev–Trinajstić information content (AvgIpc) is 3.02. The molecule has 1 amide bonds. The molecule has 2 aromatic rings. The number of oxazole rings is 1. The van der Waals surface area contributed by atoms with Crippen molar-refractivity contribution in [1.29, 1.82) is 0 Å². The Morgan fingerprint density at radius 2 is 2.07 bits per heavy atom. The third-order valence-corrected chi connectivity index (χ3v) is 5.34. The number of amides is 1. The number of aromatic nitrogens is 1. The van der Waals surface area contributed by atoms with Crippen LogP contribution in [0.25, 0.3) is 0 Å². The second-order valence-corrected chi connectivity index (χ2v) is 8.18. The molecule has 0 radical (unpaired) electrons. The van der Waals surface area contributed by atoms with Gasteiger partial charge in [-0.1, -0.05) is 18.2 Å². The monoisotopic (exact) mass is 406 g/mol. The number of alkyl halides is 2. The third-order valence-electron chi connectivity index (χ3n) is 5.34. The largest absolute Gasteiger partial charge is 0.446 e. The zero-order valence-corrected chi connectivity index (χ0v) is 17.1. The summed E-state index contributed by atoms with van der Waals surface area (Å²) in [5.74, 6) is 0.811. The van der Waals surface area contributed by atoms with Crippen LogP contribution in [0.2, 0.25) is 0 Å². The van der Waals surface area contributed by atoms with Gasteiger partial charge in [-0.25, -0.2) is 13.8 Å². The maximum absolute atomic E-state index is 13.2. The molecule has 1 aromatic carbocycles. The Balaban J connectivity index is 1.83. The molecule has 1 saturated heterocycles. The predicted molar refractivity (Wildman–Crippen MR) is 105 cm³/mol. The number of carbonyl (C=O) groups excluding carboxylic acids is 1. The molecule has 3 rings (SSSR count). The minimum Gasteiger partial charge on any atom is -0.446 e. The van der Waals surface area contributed by atoms with Crippen LogP contribution >= 0.6 is 0 Å². The molecule has 5 nitrogen and oxygen atoms in total. The molecule has 1 aliphatic heterocycles. The van der Waals surface area contributed by atoms with E-state index in [1.807, 2.05) is 0 Å². The van der Waals surface area contributed by atoms with Crippen LogP contribution in [0.4, 0.5) is 8.78 Å². The van der Waals surface area contributed by atoms with Gasteiger partial charge in [0.2, 0.25) is 6.43 Å². The lowest BCUT2D eigenvalue weighted by molar-refractivity contribution is 0.0601. The summed E-state index contributed by atoms with van der Waals surface area (Å²) < 4.78 is 31.6. The maximum Gasteiger partial charge on any atom is 0.254 e. The molecule has 0 bridgehead atoms. The zero-order chi connectivity index (χ0) is 21.2. The number of hydrogen-bond acceptors (Lipinski definition) is 4. The van der Waals surface area contributed by atoms with Gasteiger partial charge in [0.05, 0.1) is 0 Å². The van der Waals surface area contributed by atoms with Gasteiger partial charge in [0.15, 0.2) is 5.89 Å². The highest BCUT2D eigenvalue weighted by atomic mass is 19.3. The highest BCUT2D eigenvalue weighted by Crippen LogP contribution is 2.27. The molecule has 0 saturated carbocycles. The molecule has 1 N–H and O–H groups in total. The van der Waals surface area contributed by atoms with Gasteiger partial charge in [-0.15, -0.1) is 0 Å². The summed E-state index contributed by atoms with van der Waals surface area (Å²) in [4.78, 5) is 19.4. The number of carbonyl (C=O) groups is 1. The molecule has 1 atom stereocenters. The first-order chi connectivity index (χ1) is 13.7. The highest BCUT2D eigenvalue weighted by molar-refractivity contribution is 5.96. The van der Waals surface area contributed by atoms with Gasteiger partial charge in [-0.2, -0.15) is 0 Å². The normalized spacial score (nSPS) is 17.8. The van der Waals surface area contributed by atoms with Crippen molar-refractivity contribution in [3.63, 3.8) is 0 Å². The van der Waals surface area contributed by atoms with Crippen LogP contribution in [0.3, 0.4) is 0 Å². The number of hydrogen-bond donors (Lipinski definition) is 1. The molecule has 7 heteroatoms. The van der Waals surface area contributed by atoms with Gasteiger partial charge >= 0.3 is 0 Å². The number of nitrogens with zero attached hydrogens (tertiary/aromatic N) is 2. The van der Waals surface area contributed by atoms with Crippen molar-refractivity contribution in [2.24, 2.45) is 0 Å². The number of likely N-dealkylation sites (tertiary alicyclic amines) is 1. The maximum atomic E-state index is 13.2. The average molecular weight is 406 g/mol. The van der Waals surface area contributed by atoms with Crippen molar-refractivity contribution < 1.29 is 23.1 Å². The fraction of sp³-hybridized carbons (Fsp3) is 0.545. The van der Waals surface area contributed by atoms with Crippen LogP contribution in [-0.2, 0) is 18.4 Å². The summed E-state index contributed by atoms with van der Waals surface area (Å²) in [6, 6.07) is 6.46. The summed E-state index contributed by atoms with van der Waals surface area (Å²) in [5.41, 5.74) is 0.0827. The number of halogens is 2. The lowest BCUT2D eigenvalue weighted by Crippen LogP contribution is -2.45. The Bertz CT molecular complexity index is 858. The van der Waals surface area contributed by atoms with Crippen LogP contribution in [0.1, 0.15) is 66.4 Å². The predicted octanol–water partition coefficient (Wildman–Crippen LogP) is 4.26. The van der Waals surface area contributed by atoms with Crippen molar-refractivity contribution in [3.05, 3.63) is 52.7 Å². The number of aryl methyl sites for hydroxylation is 1. The van der Waals surface area contributed by atoms with Gasteiger partial charge < -0.3 is 14.4 Å². The molecule has 2 heterocycles. The Kier molecular flexibility index (Phi) is 6.36. The molecular weight excluding hydrogens is 378 g/mol. The van der Waals surface area contributed by atoms with Crippen LogP contribution < -0.4 is 0 Å². The zero-order valence-electron chi connectivity index (χ0n) is 17.1. The summed E-state index contributed by atoms with van der Waals surface area (Å²) in [5, 5.41) is 10.2. The second kappa shape index (κ2) is 8.61. The number of piperidine rings is 1. The molecular formula is C22H28F2N2O3. The molecule has 29 heavy (non-hydrogen) atoms. The number of aliphatic hydroxyl groups is 1. The van der Waals surface area contributed by atoms with Gasteiger partial charge in [0, 0.05) is 31.0 Å². The van der Waals surface area contributed by atoms with E-state index in [0.29, 0.717) is 41.4 Å². The van der Waals surface area contributed by atoms with Gasteiger partial charge in [0.25, 0.3) is 5.91 Å². The molecule has 1 aromatic heterocycles. The lowest BCUT2D eigenvalue weighted by Gasteiger charge is -2.35. The summed E-state index contributed by atoms with van der Waals surface area (Å²) in [7, 11) is 0. The number of rotatable bonds is 6. The molecule has 158 valence electrons. The van der Waals surface area contributed by atoms with Gasteiger partial charge in [0.1, 0.15) is 17.1 Å². The first-order valence-corrected chi connectivity index (χ1v) is 10.0. The highest BCUT2D eigenvalue weighted by Gasteiger charge is 2.31. The first-order valence-electron chi connectivity index (χ1n) is 10.0. The Labute approximate surface area is 169 Å². The van der Waals surface area contributed by atoms with Crippen molar-refractivity contribution in [1.82, 2.24) is 9.88 Å². The minimum atomic E-state index is -2.50. The fourth-order valence-corrected chi connectivity index (χ4v) is 4.02. The molecule has 1 fully saturated rings. The molecule has 0 spiro atoms. The topological polar surface area (TPSA) is 66.6 Å². The van der Waals surface area contributed by atoms with Crippen LogP contribution in [0, 0.1) is 6.92 Å². The molecule has 0 aliphatic carbocycles. The van der Waals surface area contributed by atoms with Gasteiger partial charge in [-0.3, -0.25) is 4.79 Å². The van der Waals surface area contributed by atoms with E-state index in [4.69, 9.17) is 4.42 Å². The SMILES string of the molecule is Cc1oc(CC2CCCCN2C(=O)c2ccccc2CC(F)F)nc1C(C)(C)O. The van der Waals surface area contributed by atoms with E-state index < -0.39 is 18.4 Å². The Morgan fingerprint density at radius 3 is 2.72 bits per heavy atom. The van der Waals surface area contributed by atoms with Crippen molar-refractivity contribution in [2.75, 3.05) is 6.54 Å². The fourth-order valence-electron chi connectivity index (χ4n) is 4.02. The van der Waals surface area contributed by atoms with E-state index >= 15 is 0 Å². The smallest absolute Gasteiger partial charge is 0.254 e. The minimum absolute atomic E-state index is 0.122. The van der Waals surface area contributed by atoms with Crippen LogP contribution in [-0.4, -0.2) is 39.9 Å². The lowest BCUT2D eigenvalue weighted by atomic mass is 9.96. The van der Waals surface area contributed by atoms with E-state index in [9.17, 15) is 18.7 Å². The first kappa shape index (κ1) is 21.4. The van der Waals surface area contributed by atoms with E-state index in [1.165, 1.54) is 0 Å². The van der Waals surface area contributed by atoms with Crippen LogP contribution in [0.15, 0.2) is 28.7 Å². The van der Waals surface area contributed by atoms with Crippen LogP contribution in [0.5, 0.6) is 0 Å². The summed E-state index contributed by atoms with van der Waals surface area (Å²) >= 11 is 0. The van der Waals surface area contributed by atoms with Crippen molar-refractivity contribution in [3.8, 4) is 0 Å². The van der Waals surface area contributed by atoms with Gasteiger partial charge in [-0.05, 0) is 51.7 Å². The van der Waals surface area contributed by atoms with E-state index in [2.05, 4.69) is 4.98 Å². The second-order valence-electron chi connectivity index (χ2n) is 8.18.